The highest BCUT2D eigenvalue weighted by Crippen LogP contribution is 2.17. The summed E-state index contributed by atoms with van der Waals surface area (Å²) >= 11 is 0. The molecule has 0 aliphatic heterocycles. The molecule has 1 aromatic carbocycles. The zero-order valence-electron chi connectivity index (χ0n) is 9.11. The van der Waals surface area contributed by atoms with E-state index in [1.807, 2.05) is 26.0 Å². The van der Waals surface area contributed by atoms with Crippen molar-refractivity contribution < 1.29 is 5.21 Å². The third-order valence-corrected chi connectivity index (χ3v) is 2.52. The van der Waals surface area contributed by atoms with Crippen molar-refractivity contribution in [2.75, 3.05) is 0 Å². The largest absolute Gasteiger partial charge is 0.411 e. The molecular weight excluding hydrogens is 204 g/mol. The van der Waals surface area contributed by atoms with Crippen molar-refractivity contribution >= 4 is 17.1 Å². The molecule has 4 heteroatoms. The lowest BCUT2D eigenvalue weighted by Gasteiger charge is -2.04. The first-order valence-electron chi connectivity index (χ1n) is 4.93. The predicted octanol–water partition coefficient (Wildman–Crippen LogP) is 1.95. The molecule has 0 amide bonds. The topological polar surface area (TPSA) is 65.5 Å². The van der Waals surface area contributed by atoms with E-state index in [9.17, 15) is 4.79 Å². The molecule has 4 nitrogen and oxygen atoms in total. The first-order chi connectivity index (χ1) is 7.61. The van der Waals surface area contributed by atoms with Gasteiger partial charge in [0.2, 0.25) is 0 Å². The zero-order chi connectivity index (χ0) is 11.7. The summed E-state index contributed by atoms with van der Waals surface area (Å²) in [5.41, 5.74) is 3.08. The van der Waals surface area contributed by atoms with Crippen LogP contribution in [0.25, 0.3) is 10.9 Å². The van der Waals surface area contributed by atoms with Crippen molar-refractivity contribution in [3.63, 3.8) is 0 Å². The van der Waals surface area contributed by atoms with Crippen molar-refractivity contribution in [1.82, 2.24) is 4.98 Å². The maximum absolute atomic E-state index is 11.6. The maximum atomic E-state index is 11.6. The van der Waals surface area contributed by atoms with E-state index in [0.29, 0.717) is 5.56 Å². The number of nitrogens with one attached hydrogen (secondary N) is 1. The van der Waals surface area contributed by atoms with Crippen LogP contribution >= 0.6 is 0 Å². The fourth-order valence-corrected chi connectivity index (χ4v) is 1.86. The molecule has 0 fully saturated rings. The van der Waals surface area contributed by atoms with Crippen molar-refractivity contribution in [2.45, 2.75) is 13.8 Å². The number of aryl methyl sites for hydroxylation is 2. The summed E-state index contributed by atoms with van der Waals surface area (Å²) in [6, 6.07) is 5.71. The monoisotopic (exact) mass is 216 g/mol. The molecule has 0 atom stereocenters. The number of hydrogen-bond donors (Lipinski definition) is 2. The van der Waals surface area contributed by atoms with Crippen LogP contribution in [0.5, 0.6) is 0 Å². The van der Waals surface area contributed by atoms with Crippen LogP contribution in [-0.2, 0) is 0 Å². The SMILES string of the molecule is Cc1cc(C)c2[nH]c(=O)c(/C=N/O)cc2c1. The average Bonchev–Trinajstić information content (AvgIpc) is 2.21. The quantitative estimate of drug-likeness (QED) is 0.434. The third kappa shape index (κ3) is 1.69. The van der Waals surface area contributed by atoms with Gasteiger partial charge in [-0.1, -0.05) is 16.8 Å². The molecule has 0 aliphatic rings. The molecule has 0 saturated carbocycles. The van der Waals surface area contributed by atoms with Gasteiger partial charge in [-0.05, 0) is 36.9 Å². The van der Waals surface area contributed by atoms with E-state index in [2.05, 4.69) is 10.1 Å². The number of H-pyrrole nitrogens is 1. The van der Waals surface area contributed by atoms with E-state index in [4.69, 9.17) is 5.21 Å². The summed E-state index contributed by atoms with van der Waals surface area (Å²) < 4.78 is 0. The van der Waals surface area contributed by atoms with Gasteiger partial charge in [0, 0.05) is 0 Å². The van der Waals surface area contributed by atoms with Crippen LogP contribution in [0.3, 0.4) is 0 Å². The van der Waals surface area contributed by atoms with Gasteiger partial charge in [0.05, 0.1) is 17.3 Å². The molecule has 1 aromatic heterocycles. The number of nitrogens with zero attached hydrogens (tertiary/aromatic N) is 1. The van der Waals surface area contributed by atoms with Crippen LogP contribution in [0.2, 0.25) is 0 Å². The molecule has 16 heavy (non-hydrogen) atoms. The minimum Gasteiger partial charge on any atom is -0.411 e. The smallest absolute Gasteiger partial charge is 0.257 e. The number of aromatic amines is 1. The molecule has 2 rings (SSSR count). The lowest BCUT2D eigenvalue weighted by Crippen LogP contribution is -2.12. The summed E-state index contributed by atoms with van der Waals surface area (Å²) in [5, 5.41) is 12.3. The highest BCUT2D eigenvalue weighted by Gasteiger charge is 2.03. The van der Waals surface area contributed by atoms with Gasteiger partial charge in [-0.25, -0.2) is 0 Å². The highest BCUT2D eigenvalue weighted by atomic mass is 16.4. The predicted molar refractivity (Wildman–Crippen MR) is 63.4 cm³/mol. The Morgan fingerprint density at radius 2 is 2.06 bits per heavy atom. The normalized spacial score (nSPS) is 11.4. The van der Waals surface area contributed by atoms with Gasteiger partial charge in [0.25, 0.3) is 5.56 Å². The van der Waals surface area contributed by atoms with Crippen LogP contribution in [0.1, 0.15) is 16.7 Å². The fourth-order valence-electron chi connectivity index (χ4n) is 1.86. The number of aromatic nitrogens is 1. The van der Waals surface area contributed by atoms with Gasteiger partial charge < -0.3 is 10.2 Å². The highest BCUT2D eigenvalue weighted by molar-refractivity contribution is 5.89. The summed E-state index contributed by atoms with van der Waals surface area (Å²) in [6.45, 7) is 3.95. The lowest BCUT2D eigenvalue weighted by molar-refractivity contribution is 0.322. The number of oxime groups is 1. The number of fused-ring (bicyclic) bond motifs is 1. The summed E-state index contributed by atoms with van der Waals surface area (Å²) in [5.74, 6) is 0. The Bertz CT molecular complexity index is 627. The zero-order valence-corrected chi connectivity index (χ0v) is 9.11. The minimum absolute atomic E-state index is 0.253. The summed E-state index contributed by atoms with van der Waals surface area (Å²) in [4.78, 5) is 14.4. The first-order valence-corrected chi connectivity index (χ1v) is 4.93. The molecule has 0 unspecified atom stereocenters. The minimum atomic E-state index is -0.253. The Labute approximate surface area is 92.2 Å². The standard InChI is InChI=1S/C12H12N2O2/c1-7-3-8(2)11-9(4-7)5-10(6-13-16)12(15)14-11/h3-6,16H,1-2H3,(H,14,15)/b13-6+. The molecular formula is C12H12N2O2. The summed E-state index contributed by atoms with van der Waals surface area (Å²) in [6.07, 6.45) is 1.13. The Morgan fingerprint density at radius 3 is 2.75 bits per heavy atom. The van der Waals surface area contributed by atoms with E-state index < -0.39 is 0 Å². The van der Waals surface area contributed by atoms with Crippen LogP contribution in [-0.4, -0.2) is 16.4 Å². The van der Waals surface area contributed by atoms with Gasteiger partial charge in [0.1, 0.15) is 0 Å². The Kier molecular flexibility index (Phi) is 2.48. The Balaban J connectivity index is 2.84. The van der Waals surface area contributed by atoms with Crippen molar-refractivity contribution in [3.8, 4) is 0 Å². The van der Waals surface area contributed by atoms with Gasteiger partial charge in [-0.2, -0.15) is 0 Å². The third-order valence-electron chi connectivity index (χ3n) is 2.52. The number of benzene rings is 1. The van der Waals surface area contributed by atoms with E-state index >= 15 is 0 Å². The average molecular weight is 216 g/mol. The number of pyridine rings is 1. The van der Waals surface area contributed by atoms with Crippen molar-refractivity contribution in [1.29, 1.82) is 0 Å². The van der Waals surface area contributed by atoms with Crippen LogP contribution < -0.4 is 5.56 Å². The molecule has 0 saturated heterocycles. The van der Waals surface area contributed by atoms with Gasteiger partial charge >= 0.3 is 0 Å². The van der Waals surface area contributed by atoms with Gasteiger partial charge in [-0.3, -0.25) is 4.79 Å². The van der Waals surface area contributed by atoms with E-state index in [1.165, 1.54) is 0 Å². The fraction of sp³-hybridized carbons (Fsp3) is 0.167. The lowest BCUT2D eigenvalue weighted by atomic mass is 10.1. The second-order valence-corrected chi connectivity index (χ2v) is 3.84. The van der Waals surface area contributed by atoms with E-state index in [-0.39, 0.29) is 5.56 Å². The van der Waals surface area contributed by atoms with E-state index in [0.717, 1.165) is 28.2 Å². The molecule has 1 heterocycles. The Hall–Kier alpha value is -2.10. The first kappa shape index (κ1) is 10.4. The Morgan fingerprint density at radius 1 is 1.31 bits per heavy atom. The van der Waals surface area contributed by atoms with Gasteiger partial charge in [0.15, 0.2) is 0 Å². The maximum Gasteiger partial charge on any atom is 0.257 e. The molecule has 0 aliphatic carbocycles. The van der Waals surface area contributed by atoms with Crippen LogP contribution in [0, 0.1) is 13.8 Å². The second kappa shape index (κ2) is 3.81. The molecule has 0 spiro atoms. The second-order valence-electron chi connectivity index (χ2n) is 3.84. The molecule has 2 N–H and O–H groups in total. The molecule has 2 aromatic rings. The molecule has 0 radical (unpaired) electrons. The number of rotatable bonds is 1. The molecule has 82 valence electrons. The van der Waals surface area contributed by atoms with E-state index in [1.54, 1.807) is 6.07 Å². The van der Waals surface area contributed by atoms with Crippen molar-refractivity contribution in [3.05, 3.63) is 45.2 Å². The van der Waals surface area contributed by atoms with Crippen molar-refractivity contribution in [2.24, 2.45) is 5.16 Å². The molecule has 0 bridgehead atoms. The number of hydrogen-bond acceptors (Lipinski definition) is 3. The van der Waals surface area contributed by atoms with Crippen LogP contribution in [0.4, 0.5) is 0 Å². The van der Waals surface area contributed by atoms with Crippen LogP contribution in [0.15, 0.2) is 28.1 Å². The van der Waals surface area contributed by atoms with Gasteiger partial charge in [-0.15, -0.1) is 0 Å². The summed E-state index contributed by atoms with van der Waals surface area (Å²) in [7, 11) is 0.